The molecule has 0 bridgehead atoms. The summed E-state index contributed by atoms with van der Waals surface area (Å²) < 4.78 is 20.9. The monoisotopic (exact) mass is 402 g/mol. The summed E-state index contributed by atoms with van der Waals surface area (Å²) in [6, 6.07) is 4.26. The second-order valence-corrected chi connectivity index (χ2v) is 6.39. The molecule has 1 aliphatic heterocycles. The highest BCUT2D eigenvalue weighted by Gasteiger charge is 2.30. The Morgan fingerprint density at radius 2 is 2.03 bits per heavy atom. The molecule has 2 aromatic rings. The fourth-order valence-corrected chi connectivity index (χ4v) is 3.08. The molecule has 0 fully saturated rings. The summed E-state index contributed by atoms with van der Waals surface area (Å²) >= 11 is 0. The highest BCUT2D eigenvalue weighted by molar-refractivity contribution is 5.95. The highest BCUT2D eigenvalue weighted by atomic mass is 16.5. The maximum absolute atomic E-state index is 12.3. The topological polar surface area (TPSA) is 116 Å². The molecule has 0 radical (unpaired) electrons. The van der Waals surface area contributed by atoms with Crippen LogP contribution >= 0.6 is 0 Å². The van der Waals surface area contributed by atoms with Crippen LogP contribution in [0.5, 0.6) is 5.75 Å². The Labute approximate surface area is 167 Å². The lowest BCUT2D eigenvalue weighted by molar-refractivity contribution is -0.143. The van der Waals surface area contributed by atoms with Crippen LogP contribution in [0.1, 0.15) is 19.4 Å². The number of benzene rings is 1. The van der Waals surface area contributed by atoms with E-state index >= 15 is 0 Å². The molecule has 1 aliphatic rings. The Morgan fingerprint density at radius 1 is 1.24 bits per heavy atom. The van der Waals surface area contributed by atoms with Crippen LogP contribution in [0.15, 0.2) is 40.1 Å². The third-order valence-electron chi connectivity index (χ3n) is 4.44. The molecule has 2 N–H and O–H groups in total. The first-order chi connectivity index (χ1) is 13.9. The van der Waals surface area contributed by atoms with Crippen molar-refractivity contribution in [3.63, 3.8) is 0 Å². The van der Waals surface area contributed by atoms with Crippen molar-refractivity contribution in [1.82, 2.24) is 10.6 Å². The molecule has 2 heterocycles. The van der Waals surface area contributed by atoms with Crippen LogP contribution in [0.3, 0.4) is 0 Å². The van der Waals surface area contributed by atoms with Gasteiger partial charge in [-0.05, 0) is 26.0 Å². The molecular formula is C20H22N2O7. The van der Waals surface area contributed by atoms with Crippen LogP contribution in [-0.4, -0.2) is 44.3 Å². The van der Waals surface area contributed by atoms with Crippen molar-refractivity contribution in [2.45, 2.75) is 26.3 Å². The minimum Gasteiger partial charge on any atom is -0.497 e. The van der Waals surface area contributed by atoms with Crippen LogP contribution in [0.2, 0.25) is 0 Å². The van der Waals surface area contributed by atoms with Crippen molar-refractivity contribution in [1.29, 1.82) is 0 Å². The number of hydrogen-bond acceptors (Lipinski definition) is 7. The van der Waals surface area contributed by atoms with E-state index in [0.29, 0.717) is 16.9 Å². The van der Waals surface area contributed by atoms with Gasteiger partial charge < -0.3 is 29.3 Å². The molecule has 29 heavy (non-hydrogen) atoms. The molecule has 1 aromatic heterocycles. The van der Waals surface area contributed by atoms with E-state index in [-0.39, 0.29) is 30.9 Å². The molecule has 0 saturated carbocycles. The first-order valence-corrected chi connectivity index (χ1v) is 9.10. The standard InChI is InChI=1S/C20H22N2O7/c1-4-27-19(24)18-11(2)21-20(25)22-15(18)10-29-17(23)7-12-9-28-16-8-13(26-3)5-6-14(12)16/h5-6,8-9,11H,4,7,10H2,1-3H3,(H2,21,22,25)/t11-/m1/s1. The summed E-state index contributed by atoms with van der Waals surface area (Å²) in [6.45, 7) is 3.27. The fourth-order valence-electron chi connectivity index (χ4n) is 3.08. The summed E-state index contributed by atoms with van der Waals surface area (Å²) in [5.74, 6) is -0.455. The van der Waals surface area contributed by atoms with Crippen molar-refractivity contribution in [3.8, 4) is 5.75 Å². The Kier molecular flexibility index (Phi) is 6.06. The van der Waals surface area contributed by atoms with E-state index in [1.807, 2.05) is 0 Å². The van der Waals surface area contributed by atoms with Crippen LogP contribution < -0.4 is 15.4 Å². The summed E-state index contributed by atoms with van der Waals surface area (Å²) in [5.41, 5.74) is 1.68. The van der Waals surface area contributed by atoms with Crippen LogP contribution in [0.4, 0.5) is 4.79 Å². The van der Waals surface area contributed by atoms with Crippen LogP contribution in [-0.2, 0) is 25.5 Å². The number of esters is 2. The molecule has 154 valence electrons. The molecule has 9 nitrogen and oxygen atoms in total. The lowest BCUT2D eigenvalue weighted by Gasteiger charge is -2.26. The van der Waals surface area contributed by atoms with E-state index in [1.165, 1.54) is 6.26 Å². The summed E-state index contributed by atoms with van der Waals surface area (Å²) in [4.78, 5) is 36.3. The van der Waals surface area contributed by atoms with Gasteiger partial charge in [-0.25, -0.2) is 9.59 Å². The van der Waals surface area contributed by atoms with Gasteiger partial charge in [0.15, 0.2) is 0 Å². The summed E-state index contributed by atoms with van der Waals surface area (Å²) in [6.07, 6.45) is 1.46. The van der Waals surface area contributed by atoms with Gasteiger partial charge >= 0.3 is 18.0 Å². The number of rotatable bonds is 7. The second-order valence-electron chi connectivity index (χ2n) is 6.39. The largest absolute Gasteiger partial charge is 0.497 e. The molecule has 0 aliphatic carbocycles. The lowest BCUT2D eigenvalue weighted by atomic mass is 10.0. The predicted molar refractivity (Wildman–Crippen MR) is 102 cm³/mol. The van der Waals surface area contributed by atoms with E-state index in [1.54, 1.807) is 39.2 Å². The van der Waals surface area contributed by atoms with Crippen LogP contribution in [0, 0.1) is 0 Å². The number of furan rings is 1. The first-order valence-electron chi connectivity index (χ1n) is 9.10. The van der Waals surface area contributed by atoms with Gasteiger partial charge in [0.25, 0.3) is 0 Å². The number of carbonyl (C=O) groups excluding carboxylic acids is 3. The van der Waals surface area contributed by atoms with E-state index < -0.39 is 24.0 Å². The zero-order valence-electron chi connectivity index (χ0n) is 16.4. The predicted octanol–water partition coefficient (Wildman–Crippen LogP) is 2.05. The van der Waals surface area contributed by atoms with E-state index in [4.69, 9.17) is 18.6 Å². The third-order valence-corrected chi connectivity index (χ3v) is 4.44. The third kappa shape index (κ3) is 4.50. The number of methoxy groups -OCH3 is 1. The van der Waals surface area contributed by atoms with E-state index in [0.717, 1.165) is 5.39 Å². The number of nitrogens with one attached hydrogen (secondary N) is 2. The van der Waals surface area contributed by atoms with Gasteiger partial charge in [-0.15, -0.1) is 0 Å². The van der Waals surface area contributed by atoms with Gasteiger partial charge in [0.2, 0.25) is 0 Å². The zero-order valence-corrected chi connectivity index (χ0v) is 16.4. The Morgan fingerprint density at radius 3 is 2.76 bits per heavy atom. The average molecular weight is 402 g/mol. The van der Waals surface area contributed by atoms with Crippen molar-refractivity contribution >= 4 is 28.9 Å². The zero-order chi connectivity index (χ0) is 21.0. The SMILES string of the molecule is CCOC(=O)C1=C(COC(=O)Cc2coc3cc(OC)ccc23)NC(=O)N[C@@H]1C. The second kappa shape index (κ2) is 8.68. The molecule has 3 rings (SSSR count). The number of hydrogen-bond donors (Lipinski definition) is 2. The molecule has 0 saturated heterocycles. The number of amides is 2. The number of urea groups is 1. The maximum Gasteiger partial charge on any atom is 0.338 e. The van der Waals surface area contributed by atoms with Gasteiger partial charge in [-0.3, -0.25) is 4.79 Å². The van der Waals surface area contributed by atoms with E-state index in [9.17, 15) is 14.4 Å². The van der Waals surface area contributed by atoms with Gasteiger partial charge in [0.05, 0.1) is 43.7 Å². The number of fused-ring (bicyclic) bond motifs is 1. The molecular weight excluding hydrogens is 380 g/mol. The molecule has 0 spiro atoms. The summed E-state index contributed by atoms with van der Waals surface area (Å²) in [7, 11) is 1.56. The van der Waals surface area contributed by atoms with Crippen molar-refractivity contribution < 1.29 is 33.0 Å². The summed E-state index contributed by atoms with van der Waals surface area (Å²) in [5, 5.41) is 5.87. The molecule has 2 amide bonds. The number of ether oxygens (including phenoxy) is 3. The molecule has 0 unspecified atom stereocenters. The fraction of sp³-hybridized carbons (Fsp3) is 0.350. The lowest BCUT2D eigenvalue weighted by Crippen LogP contribution is -2.50. The smallest absolute Gasteiger partial charge is 0.338 e. The normalized spacial score (nSPS) is 16.2. The Balaban J connectivity index is 1.71. The molecule has 1 atom stereocenters. The Hall–Kier alpha value is -3.49. The first kappa shape index (κ1) is 20.2. The van der Waals surface area contributed by atoms with Gasteiger partial charge in [0, 0.05) is 17.0 Å². The molecule has 1 aromatic carbocycles. The van der Waals surface area contributed by atoms with Crippen molar-refractivity contribution in [2.24, 2.45) is 0 Å². The van der Waals surface area contributed by atoms with Crippen LogP contribution in [0.25, 0.3) is 11.0 Å². The molecule has 9 heteroatoms. The highest BCUT2D eigenvalue weighted by Crippen LogP contribution is 2.26. The van der Waals surface area contributed by atoms with Crippen molar-refractivity contribution in [3.05, 3.63) is 41.3 Å². The minimum atomic E-state index is -0.576. The van der Waals surface area contributed by atoms with Gasteiger partial charge in [0.1, 0.15) is 17.9 Å². The Bertz CT molecular complexity index is 976. The quantitative estimate of drug-likeness (QED) is 0.681. The van der Waals surface area contributed by atoms with Gasteiger partial charge in [-0.2, -0.15) is 0 Å². The average Bonchev–Trinajstić information content (AvgIpc) is 3.07. The van der Waals surface area contributed by atoms with Gasteiger partial charge in [-0.1, -0.05) is 0 Å². The van der Waals surface area contributed by atoms with E-state index in [2.05, 4.69) is 10.6 Å². The maximum atomic E-state index is 12.3. The minimum absolute atomic E-state index is 0.0247. The number of carbonyl (C=O) groups is 3. The van der Waals surface area contributed by atoms with Crippen molar-refractivity contribution in [2.75, 3.05) is 20.3 Å².